The minimum Gasteiger partial charge on any atom is -0.323 e. The normalized spacial score (nSPS) is 10.6. The number of halogens is 1. The molecule has 1 amide bonds. The Kier molecular flexibility index (Phi) is 4.61. The van der Waals surface area contributed by atoms with Gasteiger partial charge in [0.2, 0.25) is 5.91 Å². The molecule has 1 N–H and O–H groups in total. The number of benzene rings is 2. The Labute approximate surface area is 122 Å². The summed E-state index contributed by atoms with van der Waals surface area (Å²) in [4.78, 5) is 22.9. The highest BCUT2D eigenvalue weighted by atomic mass is 19.1. The fraction of sp³-hybridized carbons (Fsp3) is 0.0588. The molecule has 0 radical (unpaired) electrons. The standard InChI is InChI=1S/C17H14FNO2/c1-12(20)14-5-9-16(10-6-14)19-17(21)11-4-13-2-7-15(18)8-3-13/h2-11H,1H3,(H,19,21). The molecular formula is C17H14FNO2. The van der Waals surface area contributed by atoms with Gasteiger partial charge in [0.25, 0.3) is 0 Å². The van der Waals surface area contributed by atoms with E-state index in [0.29, 0.717) is 11.3 Å². The maximum atomic E-state index is 12.7. The third-order valence-electron chi connectivity index (χ3n) is 2.86. The Bertz CT molecular complexity index is 673. The van der Waals surface area contributed by atoms with Gasteiger partial charge < -0.3 is 5.32 Å². The van der Waals surface area contributed by atoms with Crippen molar-refractivity contribution in [3.8, 4) is 0 Å². The molecule has 0 heterocycles. The lowest BCUT2D eigenvalue weighted by Gasteiger charge is -2.02. The first kappa shape index (κ1) is 14.7. The van der Waals surface area contributed by atoms with Crippen molar-refractivity contribution < 1.29 is 14.0 Å². The van der Waals surface area contributed by atoms with Crippen molar-refractivity contribution in [3.05, 3.63) is 71.6 Å². The quantitative estimate of drug-likeness (QED) is 0.687. The molecule has 2 aromatic carbocycles. The van der Waals surface area contributed by atoms with E-state index in [2.05, 4.69) is 5.32 Å². The van der Waals surface area contributed by atoms with Crippen LogP contribution < -0.4 is 5.32 Å². The van der Waals surface area contributed by atoms with Crippen molar-refractivity contribution in [3.63, 3.8) is 0 Å². The van der Waals surface area contributed by atoms with Crippen molar-refractivity contribution in [2.24, 2.45) is 0 Å². The highest BCUT2D eigenvalue weighted by Crippen LogP contribution is 2.10. The van der Waals surface area contributed by atoms with Crippen LogP contribution in [-0.4, -0.2) is 11.7 Å². The van der Waals surface area contributed by atoms with Crippen LogP contribution in [0.15, 0.2) is 54.6 Å². The number of Topliss-reactive ketones (excluding diaryl/α,β-unsaturated/α-hetero) is 1. The van der Waals surface area contributed by atoms with Gasteiger partial charge in [0, 0.05) is 17.3 Å². The number of rotatable bonds is 4. The number of nitrogens with one attached hydrogen (secondary N) is 1. The molecule has 2 aromatic rings. The SMILES string of the molecule is CC(=O)c1ccc(NC(=O)C=Cc2ccc(F)cc2)cc1. The first-order valence-electron chi connectivity index (χ1n) is 6.40. The molecule has 0 aromatic heterocycles. The van der Waals surface area contributed by atoms with Crippen LogP contribution in [0.2, 0.25) is 0 Å². The zero-order valence-corrected chi connectivity index (χ0v) is 11.5. The van der Waals surface area contributed by atoms with Gasteiger partial charge in [-0.25, -0.2) is 4.39 Å². The van der Waals surface area contributed by atoms with Gasteiger partial charge in [0.15, 0.2) is 5.78 Å². The van der Waals surface area contributed by atoms with Gasteiger partial charge >= 0.3 is 0 Å². The Balaban J connectivity index is 1.98. The molecule has 0 atom stereocenters. The topological polar surface area (TPSA) is 46.2 Å². The summed E-state index contributed by atoms with van der Waals surface area (Å²) in [6, 6.07) is 12.5. The summed E-state index contributed by atoms with van der Waals surface area (Å²) in [6.45, 7) is 1.49. The summed E-state index contributed by atoms with van der Waals surface area (Å²) in [5, 5.41) is 2.68. The van der Waals surface area contributed by atoms with Gasteiger partial charge in [-0.1, -0.05) is 12.1 Å². The highest BCUT2D eigenvalue weighted by molar-refractivity contribution is 6.02. The minimum absolute atomic E-state index is 0.0240. The first-order valence-corrected chi connectivity index (χ1v) is 6.40. The average Bonchev–Trinajstić information content (AvgIpc) is 2.47. The van der Waals surface area contributed by atoms with Crippen LogP contribution in [-0.2, 0) is 4.79 Å². The molecule has 2 rings (SSSR count). The van der Waals surface area contributed by atoms with Crippen LogP contribution in [0.4, 0.5) is 10.1 Å². The molecule has 4 heteroatoms. The van der Waals surface area contributed by atoms with Gasteiger partial charge in [-0.15, -0.1) is 0 Å². The predicted octanol–water partition coefficient (Wildman–Crippen LogP) is 3.68. The van der Waals surface area contributed by atoms with Crippen LogP contribution >= 0.6 is 0 Å². The molecule has 0 aliphatic rings. The smallest absolute Gasteiger partial charge is 0.248 e. The van der Waals surface area contributed by atoms with Gasteiger partial charge in [0.1, 0.15) is 5.82 Å². The van der Waals surface area contributed by atoms with Crippen molar-refractivity contribution in [1.29, 1.82) is 0 Å². The number of hydrogen-bond donors (Lipinski definition) is 1. The van der Waals surface area contributed by atoms with Gasteiger partial charge in [-0.2, -0.15) is 0 Å². The number of anilines is 1. The van der Waals surface area contributed by atoms with E-state index in [1.807, 2.05) is 0 Å². The average molecular weight is 283 g/mol. The number of ketones is 1. The lowest BCUT2D eigenvalue weighted by atomic mass is 10.1. The van der Waals surface area contributed by atoms with E-state index in [-0.39, 0.29) is 17.5 Å². The molecule has 0 unspecified atom stereocenters. The second-order valence-corrected chi connectivity index (χ2v) is 4.51. The van der Waals surface area contributed by atoms with Gasteiger partial charge in [-0.05, 0) is 55.0 Å². The molecular weight excluding hydrogens is 269 g/mol. The van der Waals surface area contributed by atoms with Crippen molar-refractivity contribution in [2.75, 3.05) is 5.32 Å². The Morgan fingerprint density at radius 3 is 2.19 bits per heavy atom. The maximum absolute atomic E-state index is 12.7. The zero-order valence-electron chi connectivity index (χ0n) is 11.5. The van der Waals surface area contributed by atoms with Crippen LogP contribution in [0.1, 0.15) is 22.8 Å². The number of amides is 1. The summed E-state index contributed by atoms with van der Waals surface area (Å²) >= 11 is 0. The Morgan fingerprint density at radius 1 is 1.00 bits per heavy atom. The molecule has 3 nitrogen and oxygen atoms in total. The van der Waals surface area contributed by atoms with E-state index in [1.165, 1.54) is 25.1 Å². The van der Waals surface area contributed by atoms with Crippen molar-refractivity contribution >= 4 is 23.5 Å². The highest BCUT2D eigenvalue weighted by Gasteiger charge is 2.01. The van der Waals surface area contributed by atoms with Crippen molar-refractivity contribution in [2.45, 2.75) is 6.92 Å². The molecule has 106 valence electrons. The molecule has 21 heavy (non-hydrogen) atoms. The van der Waals surface area contributed by atoms with Gasteiger partial charge in [-0.3, -0.25) is 9.59 Å². The molecule has 0 spiro atoms. The fourth-order valence-electron chi connectivity index (χ4n) is 1.72. The van der Waals surface area contributed by atoms with E-state index in [9.17, 15) is 14.0 Å². The molecule has 0 aliphatic carbocycles. The Hall–Kier alpha value is -2.75. The summed E-state index contributed by atoms with van der Waals surface area (Å²) < 4.78 is 12.7. The molecule has 0 fully saturated rings. The second kappa shape index (κ2) is 6.61. The minimum atomic E-state index is -0.317. The van der Waals surface area contributed by atoms with E-state index in [4.69, 9.17) is 0 Å². The van der Waals surface area contributed by atoms with E-state index in [1.54, 1.807) is 42.5 Å². The summed E-state index contributed by atoms with van der Waals surface area (Å²) in [6.07, 6.45) is 2.96. The first-order chi connectivity index (χ1) is 10.0. The third kappa shape index (κ3) is 4.38. The van der Waals surface area contributed by atoms with E-state index in [0.717, 1.165) is 5.56 Å². The largest absolute Gasteiger partial charge is 0.323 e. The van der Waals surface area contributed by atoms with E-state index < -0.39 is 0 Å². The molecule has 0 saturated carbocycles. The lowest BCUT2D eigenvalue weighted by Crippen LogP contribution is -2.07. The fourth-order valence-corrected chi connectivity index (χ4v) is 1.72. The number of carbonyl (C=O) groups excluding carboxylic acids is 2. The number of carbonyl (C=O) groups is 2. The second-order valence-electron chi connectivity index (χ2n) is 4.51. The van der Waals surface area contributed by atoms with Crippen molar-refractivity contribution in [1.82, 2.24) is 0 Å². The number of hydrogen-bond acceptors (Lipinski definition) is 2. The predicted molar refractivity (Wildman–Crippen MR) is 80.5 cm³/mol. The summed E-state index contributed by atoms with van der Waals surface area (Å²) in [5.41, 5.74) is 1.93. The van der Waals surface area contributed by atoms with Crippen LogP contribution in [0.25, 0.3) is 6.08 Å². The van der Waals surface area contributed by atoms with E-state index >= 15 is 0 Å². The zero-order chi connectivity index (χ0) is 15.2. The van der Waals surface area contributed by atoms with Gasteiger partial charge in [0.05, 0.1) is 0 Å². The third-order valence-corrected chi connectivity index (χ3v) is 2.86. The van der Waals surface area contributed by atoms with Crippen LogP contribution in [0, 0.1) is 5.82 Å². The van der Waals surface area contributed by atoms with Crippen LogP contribution in [0.3, 0.4) is 0 Å². The Morgan fingerprint density at radius 2 is 1.62 bits per heavy atom. The monoisotopic (exact) mass is 283 g/mol. The lowest BCUT2D eigenvalue weighted by molar-refractivity contribution is -0.111. The molecule has 0 bridgehead atoms. The van der Waals surface area contributed by atoms with Crippen LogP contribution in [0.5, 0.6) is 0 Å². The maximum Gasteiger partial charge on any atom is 0.248 e. The summed E-state index contributed by atoms with van der Waals surface area (Å²) in [7, 11) is 0. The molecule has 0 aliphatic heterocycles. The summed E-state index contributed by atoms with van der Waals surface area (Å²) in [5.74, 6) is -0.638. The molecule has 0 saturated heterocycles.